The van der Waals surface area contributed by atoms with Crippen molar-refractivity contribution >= 4 is 34.8 Å². The molecule has 4 heterocycles. The van der Waals surface area contributed by atoms with E-state index in [2.05, 4.69) is 10.2 Å². The molecule has 1 N–H and O–H groups in total. The summed E-state index contributed by atoms with van der Waals surface area (Å²) >= 11 is 0. The summed E-state index contributed by atoms with van der Waals surface area (Å²) in [6.07, 6.45) is 1.54. The quantitative estimate of drug-likeness (QED) is 0.411. The van der Waals surface area contributed by atoms with Crippen LogP contribution in [0.5, 0.6) is 5.75 Å². The highest BCUT2D eigenvalue weighted by Gasteiger charge is 2.74. The van der Waals surface area contributed by atoms with Crippen molar-refractivity contribution in [1.29, 1.82) is 0 Å². The Balaban J connectivity index is 1.54. The number of hydrogen-bond acceptors (Lipinski definition) is 7. The summed E-state index contributed by atoms with van der Waals surface area (Å²) in [4.78, 5) is 55.9. The number of imide groups is 1. The highest BCUT2D eigenvalue weighted by Crippen LogP contribution is 2.61. The smallest absolute Gasteiger partial charge is 0.311 e. The molecule has 0 radical (unpaired) electrons. The Bertz CT molecular complexity index is 1360. The lowest BCUT2D eigenvalue weighted by Gasteiger charge is -2.36. The zero-order valence-corrected chi connectivity index (χ0v) is 19.5. The molecule has 2 aromatic carbocycles. The van der Waals surface area contributed by atoms with Gasteiger partial charge in [0, 0.05) is 29.4 Å². The molecular formula is C25H24N4O6. The van der Waals surface area contributed by atoms with E-state index < -0.39 is 28.2 Å². The van der Waals surface area contributed by atoms with Crippen LogP contribution >= 0.6 is 0 Å². The monoisotopic (exact) mass is 476 g/mol. The number of nitro groups is 1. The van der Waals surface area contributed by atoms with Crippen LogP contribution in [0.2, 0.25) is 0 Å². The van der Waals surface area contributed by atoms with Gasteiger partial charge in [0.1, 0.15) is 5.54 Å². The number of nitro benzene ring substituents is 1. The van der Waals surface area contributed by atoms with Gasteiger partial charge >= 0.3 is 5.69 Å². The number of aryl methyl sites for hydroxylation is 2. The van der Waals surface area contributed by atoms with E-state index in [4.69, 9.17) is 4.74 Å². The van der Waals surface area contributed by atoms with E-state index in [0.29, 0.717) is 24.2 Å². The van der Waals surface area contributed by atoms with Gasteiger partial charge in [-0.05, 0) is 44.4 Å². The van der Waals surface area contributed by atoms with Gasteiger partial charge in [0.05, 0.1) is 29.6 Å². The number of anilines is 2. The van der Waals surface area contributed by atoms with Crippen LogP contribution in [0.3, 0.4) is 0 Å². The Morgan fingerprint density at radius 2 is 1.91 bits per heavy atom. The molecule has 6 rings (SSSR count). The van der Waals surface area contributed by atoms with E-state index >= 15 is 0 Å². The van der Waals surface area contributed by atoms with E-state index in [1.54, 1.807) is 6.92 Å². The van der Waals surface area contributed by atoms with Gasteiger partial charge in [0.15, 0.2) is 5.75 Å². The van der Waals surface area contributed by atoms with Crippen LogP contribution in [0, 0.1) is 35.8 Å². The number of benzene rings is 2. The van der Waals surface area contributed by atoms with Crippen LogP contribution in [0.25, 0.3) is 0 Å². The van der Waals surface area contributed by atoms with Gasteiger partial charge in [-0.15, -0.1) is 0 Å². The second-order valence-corrected chi connectivity index (χ2v) is 9.70. The number of amides is 3. The number of hydrogen-bond donors (Lipinski definition) is 1. The molecule has 10 nitrogen and oxygen atoms in total. The fourth-order valence-electron chi connectivity index (χ4n) is 6.82. The zero-order chi connectivity index (χ0) is 24.8. The number of fused-ring (bicyclic) bond motifs is 7. The summed E-state index contributed by atoms with van der Waals surface area (Å²) in [5.41, 5.74) is 1.50. The van der Waals surface area contributed by atoms with E-state index in [1.807, 2.05) is 25.1 Å². The molecule has 4 atom stereocenters. The third-order valence-electron chi connectivity index (χ3n) is 8.17. The molecule has 2 aromatic rings. The minimum atomic E-state index is -1.26. The van der Waals surface area contributed by atoms with Gasteiger partial charge in [-0.2, -0.15) is 0 Å². The van der Waals surface area contributed by atoms with Crippen LogP contribution in [-0.2, 0) is 19.9 Å². The molecule has 10 heteroatoms. The number of nitrogens with zero attached hydrogens (tertiary/aromatic N) is 3. The second-order valence-electron chi connectivity index (χ2n) is 9.70. The minimum Gasteiger partial charge on any atom is -0.490 e. The van der Waals surface area contributed by atoms with Crippen molar-refractivity contribution in [2.75, 3.05) is 23.9 Å². The number of methoxy groups -OCH3 is 1. The molecule has 3 saturated heterocycles. The first kappa shape index (κ1) is 21.7. The highest BCUT2D eigenvalue weighted by atomic mass is 16.6. The summed E-state index contributed by atoms with van der Waals surface area (Å²) < 4.78 is 5.20. The van der Waals surface area contributed by atoms with Crippen LogP contribution < -0.4 is 15.0 Å². The summed E-state index contributed by atoms with van der Waals surface area (Å²) in [6, 6.07) is 8.10. The summed E-state index contributed by atoms with van der Waals surface area (Å²) in [6.45, 7) is 4.16. The Hall–Kier alpha value is -3.79. The van der Waals surface area contributed by atoms with Crippen molar-refractivity contribution in [2.24, 2.45) is 11.8 Å². The van der Waals surface area contributed by atoms with Gasteiger partial charge in [0.2, 0.25) is 17.7 Å². The first-order valence-corrected chi connectivity index (χ1v) is 11.6. The maximum absolute atomic E-state index is 14.1. The minimum absolute atomic E-state index is 0.0370. The molecule has 35 heavy (non-hydrogen) atoms. The molecule has 0 saturated carbocycles. The maximum Gasteiger partial charge on any atom is 0.311 e. The lowest BCUT2D eigenvalue weighted by Crippen LogP contribution is -2.54. The topological polar surface area (TPSA) is 122 Å². The summed E-state index contributed by atoms with van der Waals surface area (Å²) in [5, 5.41) is 14.5. The first-order valence-electron chi connectivity index (χ1n) is 11.6. The van der Waals surface area contributed by atoms with Crippen molar-refractivity contribution in [3.8, 4) is 5.75 Å². The Kier molecular flexibility index (Phi) is 4.41. The predicted octanol–water partition coefficient (Wildman–Crippen LogP) is 2.65. The van der Waals surface area contributed by atoms with Gasteiger partial charge in [0.25, 0.3) is 0 Å². The molecule has 0 bridgehead atoms. The molecule has 4 unspecified atom stereocenters. The van der Waals surface area contributed by atoms with Crippen LogP contribution in [0.1, 0.15) is 29.5 Å². The fraction of sp³-hybridized carbons (Fsp3) is 0.400. The van der Waals surface area contributed by atoms with E-state index in [0.717, 1.165) is 22.4 Å². The van der Waals surface area contributed by atoms with Crippen molar-refractivity contribution in [1.82, 2.24) is 4.90 Å². The molecule has 0 aromatic heterocycles. The van der Waals surface area contributed by atoms with Gasteiger partial charge in [-0.1, -0.05) is 18.2 Å². The van der Waals surface area contributed by atoms with Gasteiger partial charge < -0.3 is 10.1 Å². The molecular weight excluding hydrogens is 452 g/mol. The summed E-state index contributed by atoms with van der Waals surface area (Å²) in [5.74, 6) is -2.71. The Morgan fingerprint density at radius 1 is 1.14 bits per heavy atom. The number of nitrogens with one attached hydrogen (secondary N) is 1. The second kappa shape index (κ2) is 7.11. The number of carbonyl (C=O) groups is 3. The van der Waals surface area contributed by atoms with Crippen LogP contribution in [0.4, 0.5) is 17.1 Å². The number of rotatable bonds is 3. The number of ether oxygens (including phenoxy) is 1. The van der Waals surface area contributed by atoms with Crippen LogP contribution in [0.15, 0.2) is 30.3 Å². The first-order chi connectivity index (χ1) is 16.7. The van der Waals surface area contributed by atoms with Crippen molar-refractivity contribution in [2.45, 2.75) is 38.3 Å². The third kappa shape index (κ3) is 2.49. The highest BCUT2D eigenvalue weighted by molar-refractivity contribution is 6.26. The van der Waals surface area contributed by atoms with E-state index in [1.165, 1.54) is 19.2 Å². The number of para-hydroxylation sites is 1. The molecule has 4 aliphatic rings. The van der Waals surface area contributed by atoms with E-state index in [-0.39, 0.29) is 35.0 Å². The predicted molar refractivity (Wildman–Crippen MR) is 125 cm³/mol. The third-order valence-corrected chi connectivity index (χ3v) is 8.17. The van der Waals surface area contributed by atoms with E-state index in [9.17, 15) is 24.5 Å². The van der Waals surface area contributed by atoms with Crippen LogP contribution in [-0.4, -0.2) is 47.2 Å². The molecule has 3 amide bonds. The maximum atomic E-state index is 14.1. The molecule has 4 aliphatic heterocycles. The molecule has 3 fully saturated rings. The van der Waals surface area contributed by atoms with Crippen molar-refractivity contribution in [3.05, 3.63) is 57.1 Å². The van der Waals surface area contributed by atoms with Gasteiger partial charge in [-0.25, -0.2) is 4.90 Å². The fourth-order valence-corrected chi connectivity index (χ4v) is 6.82. The Morgan fingerprint density at radius 3 is 2.63 bits per heavy atom. The molecule has 1 spiro atoms. The van der Waals surface area contributed by atoms with Gasteiger partial charge in [-0.3, -0.25) is 29.4 Å². The molecule has 180 valence electrons. The zero-order valence-electron chi connectivity index (χ0n) is 19.5. The Labute approximate surface area is 201 Å². The molecule has 0 aliphatic carbocycles. The average Bonchev–Trinajstić information content (AvgIpc) is 3.53. The summed E-state index contributed by atoms with van der Waals surface area (Å²) in [7, 11) is 1.30. The van der Waals surface area contributed by atoms with Crippen molar-refractivity contribution in [3.63, 3.8) is 0 Å². The average molecular weight is 476 g/mol. The normalized spacial score (nSPS) is 28.9. The largest absolute Gasteiger partial charge is 0.490 e. The standard InChI is InChI=1S/C25H24N4O6/c1-12-6-4-7-14-21(12)26-24(32)25(14)20-19(15-8-5-9-27(15)25)22(30)28(23(20)31)16-11-18(35-3)17(29(33)34)10-13(16)2/h4,6-7,10-11,15,19-20H,5,8-9H2,1-3H3,(H,26,32). The lowest BCUT2D eigenvalue weighted by molar-refractivity contribution is -0.385. The number of carbonyl (C=O) groups excluding carboxylic acids is 3. The lowest BCUT2D eigenvalue weighted by atomic mass is 9.75. The van der Waals surface area contributed by atoms with Crippen molar-refractivity contribution < 1.29 is 24.0 Å². The SMILES string of the molecule is COc1cc(N2C(=O)C3C4CCCN4C4(C(=O)Nc5c(C)cccc54)C3C2=O)c(C)cc1[N+](=O)[O-].